The minimum absolute atomic E-state index is 0.194. The molecule has 0 bridgehead atoms. The summed E-state index contributed by atoms with van der Waals surface area (Å²) in [6, 6.07) is 2.02. The van der Waals surface area contributed by atoms with Crippen molar-refractivity contribution in [2.75, 3.05) is 6.54 Å². The van der Waals surface area contributed by atoms with Crippen LogP contribution < -0.4 is 10.6 Å². The second kappa shape index (κ2) is 7.98. The maximum absolute atomic E-state index is 13.2. The first-order valence-electron chi connectivity index (χ1n) is 7.02. The van der Waals surface area contributed by atoms with E-state index in [0.29, 0.717) is 13.0 Å². The van der Waals surface area contributed by atoms with Gasteiger partial charge in [0.1, 0.15) is 0 Å². The van der Waals surface area contributed by atoms with E-state index in [2.05, 4.69) is 15.6 Å². The van der Waals surface area contributed by atoms with Gasteiger partial charge in [0.05, 0.1) is 23.4 Å². The molecule has 8 heteroatoms. The normalized spacial score (nSPS) is 13.4. The summed E-state index contributed by atoms with van der Waals surface area (Å²) in [7, 11) is 0. The molecule has 3 N–H and O–H groups in total. The highest BCUT2D eigenvalue weighted by Crippen LogP contribution is 2.19. The third kappa shape index (κ3) is 4.97. The first-order valence-corrected chi connectivity index (χ1v) is 7.96. The lowest BCUT2D eigenvalue weighted by molar-refractivity contribution is 0.137. The molecule has 0 aliphatic carbocycles. The van der Waals surface area contributed by atoms with Crippen LogP contribution in [0.15, 0.2) is 29.1 Å². The third-order valence-corrected chi connectivity index (χ3v) is 3.90. The maximum atomic E-state index is 13.2. The molecule has 0 aliphatic heterocycles. The fourth-order valence-electron chi connectivity index (χ4n) is 1.99. The van der Waals surface area contributed by atoms with Crippen LogP contribution in [-0.2, 0) is 6.42 Å². The Hall–Kier alpha value is -2.06. The van der Waals surface area contributed by atoms with Crippen molar-refractivity contribution in [3.8, 4) is 0 Å². The summed E-state index contributed by atoms with van der Waals surface area (Å²) < 4.78 is 26.1. The fraction of sp³-hybridized carbons (Fsp3) is 0.333. The number of hydrogen-bond donors (Lipinski definition) is 3. The van der Waals surface area contributed by atoms with Gasteiger partial charge in [0.15, 0.2) is 11.6 Å². The van der Waals surface area contributed by atoms with Gasteiger partial charge in [0.25, 0.3) is 0 Å². The molecule has 0 saturated heterocycles. The maximum Gasteiger partial charge on any atom is 0.315 e. The van der Waals surface area contributed by atoms with Gasteiger partial charge < -0.3 is 15.7 Å². The number of nitrogens with one attached hydrogen (secondary N) is 2. The van der Waals surface area contributed by atoms with E-state index in [1.165, 1.54) is 17.4 Å². The first kappa shape index (κ1) is 17.3. The van der Waals surface area contributed by atoms with Gasteiger partial charge in [-0.2, -0.15) is 0 Å². The summed E-state index contributed by atoms with van der Waals surface area (Å²) >= 11 is 1.48. The molecule has 124 valence electrons. The van der Waals surface area contributed by atoms with Crippen molar-refractivity contribution < 1.29 is 18.7 Å². The molecule has 1 aromatic heterocycles. The number of carbonyl (C=O) groups is 1. The minimum Gasteiger partial charge on any atom is -0.386 e. The molecule has 0 saturated carbocycles. The van der Waals surface area contributed by atoms with Crippen LogP contribution in [0.3, 0.4) is 0 Å². The van der Waals surface area contributed by atoms with Crippen LogP contribution in [0.25, 0.3) is 0 Å². The quantitative estimate of drug-likeness (QED) is 0.755. The predicted octanol–water partition coefficient (Wildman–Crippen LogP) is 2.39. The Kier molecular flexibility index (Phi) is 6.00. The lowest BCUT2D eigenvalue weighted by atomic mass is 10.0. The number of nitrogens with zero attached hydrogens (tertiary/aromatic N) is 1. The molecule has 2 atom stereocenters. The van der Waals surface area contributed by atoms with Gasteiger partial charge in [-0.3, -0.25) is 0 Å². The molecule has 2 rings (SSSR count). The summed E-state index contributed by atoms with van der Waals surface area (Å²) in [4.78, 5) is 15.9. The smallest absolute Gasteiger partial charge is 0.315 e. The second-order valence-electron chi connectivity index (χ2n) is 5.04. The second-order valence-corrected chi connectivity index (χ2v) is 5.76. The number of urea groups is 1. The van der Waals surface area contributed by atoms with Crippen molar-refractivity contribution >= 4 is 17.4 Å². The van der Waals surface area contributed by atoms with Gasteiger partial charge >= 0.3 is 6.03 Å². The van der Waals surface area contributed by atoms with E-state index in [1.807, 2.05) is 5.38 Å². The number of aliphatic hydroxyl groups excluding tert-OH is 1. The van der Waals surface area contributed by atoms with Crippen molar-refractivity contribution in [1.82, 2.24) is 15.6 Å². The Morgan fingerprint density at radius 1 is 1.39 bits per heavy atom. The van der Waals surface area contributed by atoms with Crippen LogP contribution >= 0.6 is 11.3 Å². The van der Waals surface area contributed by atoms with Crippen molar-refractivity contribution in [1.29, 1.82) is 0 Å². The summed E-state index contributed by atoms with van der Waals surface area (Å²) in [6.07, 6.45) is -0.536. The number of rotatable bonds is 6. The molecule has 1 aromatic carbocycles. The Morgan fingerprint density at radius 3 is 2.83 bits per heavy atom. The number of halogens is 2. The van der Waals surface area contributed by atoms with E-state index in [0.717, 1.165) is 17.8 Å². The third-order valence-electron chi connectivity index (χ3n) is 3.27. The monoisotopic (exact) mass is 341 g/mol. The lowest BCUT2D eigenvalue weighted by Gasteiger charge is -2.21. The summed E-state index contributed by atoms with van der Waals surface area (Å²) in [5.74, 6) is -2.03. The molecule has 0 aliphatic rings. The number of benzene rings is 1. The molecule has 0 radical (unpaired) electrons. The molecule has 2 amide bonds. The molecule has 0 fully saturated rings. The van der Waals surface area contributed by atoms with Gasteiger partial charge in [0, 0.05) is 18.3 Å². The number of aromatic nitrogens is 1. The van der Waals surface area contributed by atoms with Gasteiger partial charge in [-0.25, -0.2) is 18.6 Å². The Balaban J connectivity index is 1.81. The molecule has 0 spiro atoms. The Labute approximate surface area is 136 Å². The summed E-state index contributed by atoms with van der Waals surface area (Å²) in [5.41, 5.74) is 2.81. The zero-order valence-electron chi connectivity index (χ0n) is 12.4. The zero-order chi connectivity index (χ0) is 16.8. The predicted molar refractivity (Wildman–Crippen MR) is 83.1 cm³/mol. The fourth-order valence-corrected chi connectivity index (χ4v) is 2.58. The highest BCUT2D eigenvalue weighted by molar-refractivity contribution is 7.07. The topological polar surface area (TPSA) is 74.2 Å². The van der Waals surface area contributed by atoms with E-state index in [1.54, 1.807) is 12.4 Å². The molecule has 1 heterocycles. The van der Waals surface area contributed by atoms with Crippen LogP contribution in [-0.4, -0.2) is 28.7 Å². The summed E-state index contributed by atoms with van der Waals surface area (Å²) in [6.45, 7) is 1.98. The van der Waals surface area contributed by atoms with Crippen molar-refractivity contribution in [2.45, 2.75) is 25.5 Å². The molecule has 5 nitrogen and oxygen atoms in total. The van der Waals surface area contributed by atoms with E-state index in [-0.39, 0.29) is 5.56 Å². The Bertz CT molecular complexity index is 652. The van der Waals surface area contributed by atoms with E-state index in [4.69, 9.17) is 0 Å². The molecular weight excluding hydrogens is 324 g/mol. The number of thiazole rings is 1. The van der Waals surface area contributed by atoms with E-state index in [9.17, 15) is 18.7 Å². The highest BCUT2D eigenvalue weighted by atomic mass is 32.1. The molecule has 2 unspecified atom stereocenters. The van der Waals surface area contributed by atoms with Gasteiger partial charge in [-0.05, 0) is 24.6 Å². The van der Waals surface area contributed by atoms with Crippen LogP contribution in [0.4, 0.5) is 13.6 Å². The molecule has 23 heavy (non-hydrogen) atoms. The molecular formula is C15H17F2N3O2S. The minimum atomic E-state index is -1.14. The largest absolute Gasteiger partial charge is 0.386 e. The van der Waals surface area contributed by atoms with Gasteiger partial charge in [0.2, 0.25) is 0 Å². The van der Waals surface area contributed by atoms with Crippen molar-refractivity contribution in [3.05, 3.63) is 52.0 Å². The number of hydrogen-bond acceptors (Lipinski definition) is 4. The van der Waals surface area contributed by atoms with Crippen LogP contribution in [0.1, 0.15) is 24.3 Å². The number of aliphatic hydroxyl groups is 1. The summed E-state index contributed by atoms with van der Waals surface area (Å²) in [5, 5.41) is 17.2. The number of carbonyl (C=O) groups excluding carboxylic acids is 1. The van der Waals surface area contributed by atoms with Crippen molar-refractivity contribution in [3.63, 3.8) is 0 Å². The van der Waals surface area contributed by atoms with Crippen LogP contribution in [0, 0.1) is 11.6 Å². The zero-order valence-corrected chi connectivity index (χ0v) is 13.2. The average molecular weight is 341 g/mol. The standard InChI is InChI=1S/C15H17F2N3O2S/c1-9(14(21)10-2-3-12(16)13(17)6-10)20-15(22)18-5-4-11-7-23-8-19-11/h2-3,6-9,14,21H,4-5H2,1H3,(H2,18,20,22). The van der Waals surface area contributed by atoms with Gasteiger partial charge in [-0.15, -0.1) is 11.3 Å². The van der Waals surface area contributed by atoms with Crippen LogP contribution in [0.2, 0.25) is 0 Å². The number of amides is 2. The SMILES string of the molecule is CC(NC(=O)NCCc1cscn1)C(O)c1ccc(F)c(F)c1. The van der Waals surface area contributed by atoms with Gasteiger partial charge in [-0.1, -0.05) is 6.07 Å². The lowest BCUT2D eigenvalue weighted by Crippen LogP contribution is -2.44. The average Bonchev–Trinajstić information content (AvgIpc) is 3.02. The van der Waals surface area contributed by atoms with Crippen molar-refractivity contribution in [2.24, 2.45) is 0 Å². The molecule has 2 aromatic rings. The van der Waals surface area contributed by atoms with E-state index >= 15 is 0 Å². The van der Waals surface area contributed by atoms with Crippen LogP contribution in [0.5, 0.6) is 0 Å². The first-order chi connectivity index (χ1) is 11.0. The Morgan fingerprint density at radius 2 is 2.17 bits per heavy atom. The highest BCUT2D eigenvalue weighted by Gasteiger charge is 2.19. The van der Waals surface area contributed by atoms with E-state index < -0.39 is 29.8 Å².